The van der Waals surface area contributed by atoms with E-state index in [1.165, 1.54) is 5.19 Å². The summed E-state index contributed by atoms with van der Waals surface area (Å²) in [6, 6.07) is 10.2. The molecule has 3 heteroatoms. The molecule has 0 amide bonds. The van der Waals surface area contributed by atoms with E-state index in [2.05, 4.69) is 18.7 Å². The second-order valence-corrected chi connectivity index (χ2v) is 6.80. The molecule has 0 saturated carbocycles. The summed E-state index contributed by atoms with van der Waals surface area (Å²) < 4.78 is 11.4. The van der Waals surface area contributed by atoms with E-state index < -0.39 is 8.56 Å². The second kappa shape index (κ2) is 4.73. The highest BCUT2D eigenvalue weighted by Gasteiger charge is 2.33. The molecule has 1 aromatic carbocycles. The van der Waals surface area contributed by atoms with E-state index in [1.807, 2.05) is 32.0 Å². The van der Waals surface area contributed by atoms with Crippen molar-refractivity contribution >= 4 is 13.7 Å². The summed E-state index contributed by atoms with van der Waals surface area (Å²) in [6.45, 7) is 6.14. The molecule has 14 heavy (non-hydrogen) atoms. The number of hydrogen-bond donors (Lipinski definition) is 0. The first-order valence-corrected chi connectivity index (χ1v) is 7.18. The average molecular weight is 210 g/mol. The minimum Gasteiger partial charge on any atom is -0.394 e. The van der Waals surface area contributed by atoms with Crippen molar-refractivity contribution < 1.29 is 8.85 Å². The van der Waals surface area contributed by atoms with Crippen LogP contribution >= 0.6 is 0 Å². The van der Waals surface area contributed by atoms with Gasteiger partial charge < -0.3 is 8.85 Å². The van der Waals surface area contributed by atoms with Crippen LogP contribution in [0.25, 0.3) is 0 Å². The van der Waals surface area contributed by atoms with Crippen LogP contribution in [0.4, 0.5) is 0 Å². The van der Waals surface area contributed by atoms with Gasteiger partial charge in [-0.1, -0.05) is 30.3 Å². The van der Waals surface area contributed by atoms with Crippen molar-refractivity contribution in [2.45, 2.75) is 26.5 Å². The van der Waals surface area contributed by atoms with Crippen molar-refractivity contribution in [2.75, 3.05) is 7.11 Å². The van der Waals surface area contributed by atoms with E-state index in [1.54, 1.807) is 7.11 Å². The molecular weight excluding hydrogens is 192 g/mol. The zero-order chi connectivity index (χ0) is 10.6. The van der Waals surface area contributed by atoms with Gasteiger partial charge in [0, 0.05) is 13.2 Å². The summed E-state index contributed by atoms with van der Waals surface area (Å²) in [5, 5.41) is 1.18. The van der Waals surface area contributed by atoms with Crippen LogP contribution in [0.2, 0.25) is 6.55 Å². The molecule has 0 spiro atoms. The van der Waals surface area contributed by atoms with Crippen molar-refractivity contribution in [1.82, 2.24) is 0 Å². The van der Waals surface area contributed by atoms with E-state index in [0.29, 0.717) is 0 Å². The zero-order valence-corrected chi connectivity index (χ0v) is 10.3. The third kappa shape index (κ3) is 2.67. The Balaban J connectivity index is 2.90. The molecule has 78 valence electrons. The maximum absolute atomic E-state index is 5.89. The zero-order valence-electron chi connectivity index (χ0n) is 9.28. The molecule has 0 N–H and O–H groups in total. The average Bonchev–Trinajstić information content (AvgIpc) is 2.18. The minimum absolute atomic E-state index is 0.201. The van der Waals surface area contributed by atoms with Gasteiger partial charge in [0.2, 0.25) is 0 Å². The van der Waals surface area contributed by atoms with Crippen LogP contribution in [0, 0.1) is 0 Å². The van der Waals surface area contributed by atoms with Crippen molar-refractivity contribution in [3.8, 4) is 0 Å². The quantitative estimate of drug-likeness (QED) is 0.708. The van der Waals surface area contributed by atoms with Gasteiger partial charge in [0.15, 0.2) is 0 Å². The molecular formula is C11H18O2Si. The molecule has 0 aliphatic heterocycles. The van der Waals surface area contributed by atoms with Crippen LogP contribution in [0.1, 0.15) is 13.8 Å². The molecule has 1 aromatic rings. The lowest BCUT2D eigenvalue weighted by Gasteiger charge is -2.27. The minimum atomic E-state index is -2.16. The fourth-order valence-corrected chi connectivity index (χ4v) is 3.59. The van der Waals surface area contributed by atoms with Gasteiger partial charge in [0.1, 0.15) is 0 Å². The molecule has 2 nitrogen and oxygen atoms in total. The van der Waals surface area contributed by atoms with Crippen LogP contribution in [0.3, 0.4) is 0 Å². The highest BCUT2D eigenvalue weighted by molar-refractivity contribution is 6.79. The second-order valence-electron chi connectivity index (χ2n) is 3.68. The van der Waals surface area contributed by atoms with Crippen molar-refractivity contribution in [2.24, 2.45) is 0 Å². The first-order valence-electron chi connectivity index (χ1n) is 4.87. The molecule has 0 bridgehead atoms. The van der Waals surface area contributed by atoms with E-state index >= 15 is 0 Å². The Labute approximate surface area is 87.1 Å². The predicted molar refractivity (Wildman–Crippen MR) is 60.9 cm³/mol. The Kier molecular flexibility index (Phi) is 3.86. The summed E-state index contributed by atoms with van der Waals surface area (Å²) in [4.78, 5) is 0. The monoisotopic (exact) mass is 210 g/mol. The Morgan fingerprint density at radius 1 is 1.14 bits per heavy atom. The largest absolute Gasteiger partial charge is 0.394 e. The fraction of sp³-hybridized carbons (Fsp3) is 0.455. The highest BCUT2D eigenvalue weighted by atomic mass is 28.4. The number of hydrogen-bond acceptors (Lipinski definition) is 2. The Morgan fingerprint density at radius 2 is 1.71 bits per heavy atom. The van der Waals surface area contributed by atoms with Crippen molar-refractivity contribution in [3.63, 3.8) is 0 Å². The predicted octanol–water partition coefficient (Wildman–Crippen LogP) is 2.04. The summed E-state index contributed by atoms with van der Waals surface area (Å²) in [6.07, 6.45) is 0.201. The summed E-state index contributed by atoms with van der Waals surface area (Å²) in [7, 11) is -0.439. The molecule has 0 aliphatic rings. The molecule has 1 atom stereocenters. The third-order valence-electron chi connectivity index (χ3n) is 2.15. The van der Waals surface area contributed by atoms with Crippen LogP contribution in [0.15, 0.2) is 30.3 Å². The smallest absolute Gasteiger partial charge is 0.369 e. The van der Waals surface area contributed by atoms with E-state index in [4.69, 9.17) is 8.85 Å². The standard InChI is InChI=1S/C11H18O2Si/c1-10(2)13-14(4,12-3)11-8-6-5-7-9-11/h5-10H,1-4H3. The van der Waals surface area contributed by atoms with Gasteiger partial charge in [-0.2, -0.15) is 0 Å². The Bertz CT molecular complexity index is 274. The van der Waals surface area contributed by atoms with Gasteiger partial charge in [0.05, 0.1) is 0 Å². The fourth-order valence-electron chi connectivity index (χ4n) is 1.42. The molecule has 0 aromatic heterocycles. The summed E-state index contributed by atoms with van der Waals surface area (Å²) in [5.74, 6) is 0. The van der Waals surface area contributed by atoms with Crippen LogP contribution in [-0.2, 0) is 8.85 Å². The highest BCUT2D eigenvalue weighted by Crippen LogP contribution is 2.09. The molecule has 1 unspecified atom stereocenters. The van der Waals surface area contributed by atoms with Gasteiger partial charge in [-0.15, -0.1) is 0 Å². The molecule has 0 heterocycles. The van der Waals surface area contributed by atoms with Crippen molar-refractivity contribution in [1.29, 1.82) is 0 Å². The molecule has 0 radical (unpaired) electrons. The third-order valence-corrected chi connectivity index (χ3v) is 5.23. The Hall–Kier alpha value is -0.643. The molecule has 0 fully saturated rings. The summed E-state index contributed by atoms with van der Waals surface area (Å²) >= 11 is 0. The van der Waals surface area contributed by atoms with Crippen molar-refractivity contribution in [3.05, 3.63) is 30.3 Å². The van der Waals surface area contributed by atoms with Crippen LogP contribution in [-0.4, -0.2) is 21.8 Å². The number of rotatable bonds is 4. The maximum Gasteiger partial charge on any atom is 0.369 e. The lowest BCUT2D eigenvalue weighted by molar-refractivity contribution is 0.169. The molecule has 1 rings (SSSR count). The lowest BCUT2D eigenvalue weighted by atomic mass is 10.4. The van der Waals surface area contributed by atoms with Crippen LogP contribution < -0.4 is 5.19 Å². The first-order chi connectivity index (χ1) is 6.58. The number of benzene rings is 1. The van der Waals surface area contributed by atoms with E-state index in [-0.39, 0.29) is 6.10 Å². The van der Waals surface area contributed by atoms with Gasteiger partial charge in [-0.3, -0.25) is 0 Å². The van der Waals surface area contributed by atoms with E-state index in [0.717, 1.165) is 0 Å². The maximum atomic E-state index is 5.89. The molecule has 0 aliphatic carbocycles. The van der Waals surface area contributed by atoms with Gasteiger partial charge in [-0.05, 0) is 25.6 Å². The topological polar surface area (TPSA) is 18.5 Å². The SMILES string of the molecule is CO[Si](C)(OC(C)C)c1ccccc1. The van der Waals surface area contributed by atoms with Gasteiger partial charge in [0.25, 0.3) is 0 Å². The normalized spacial score (nSPS) is 15.5. The Morgan fingerprint density at radius 3 is 2.14 bits per heavy atom. The lowest BCUT2D eigenvalue weighted by Crippen LogP contribution is -2.51. The van der Waals surface area contributed by atoms with Crippen LogP contribution in [0.5, 0.6) is 0 Å². The molecule has 0 saturated heterocycles. The summed E-state index contributed by atoms with van der Waals surface area (Å²) in [5.41, 5.74) is 0. The van der Waals surface area contributed by atoms with Gasteiger partial charge >= 0.3 is 8.56 Å². The van der Waals surface area contributed by atoms with Gasteiger partial charge in [-0.25, -0.2) is 0 Å². The van der Waals surface area contributed by atoms with E-state index in [9.17, 15) is 0 Å². The first kappa shape index (κ1) is 11.4.